The highest BCUT2D eigenvalue weighted by Crippen LogP contribution is 2.33. The fraction of sp³-hybridized carbons (Fsp3) is 0.615. The van der Waals surface area contributed by atoms with Crippen LogP contribution in [0.15, 0.2) is 6.07 Å². The summed E-state index contributed by atoms with van der Waals surface area (Å²) < 4.78 is 0. The molecule has 0 aromatic carbocycles. The van der Waals surface area contributed by atoms with Crippen molar-refractivity contribution in [2.45, 2.75) is 34.1 Å². The summed E-state index contributed by atoms with van der Waals surface area (Å²) in [4.78, 5) is 14.9. The van der Waals surface area contributed by atoms with Gasteiger partial charge in [0.2, 0.25) is 0 Å². The first-order valence-corrected chi connectivity index (χ1v) is 7.01. The lowest BCUT2D eigenvalue weighted by Crippen LogP contribution is -2.22. The standard InChI is InChI=1S/C13H22N2OS/c1-5-7-15(6-2)11-8-10(14)13(17-11)12(16)9(3)4/h8-9H,5-7,14H2,1-4H3. The Labute approximate surface area is 108 Å². The van der Waals surface area contributed by atoms with Crippen molar-refractivity contribution in [1.82, 2.24) is 0 Å². The Bertz CT molecular complexity index is 385. The lowest BCUT2D eigenvalue weighted by atomic mass is 10.1. The van der Waals surface area contributed by atoms with E-state index in [1.165, 1.54) is 11.3 Å². The van der Waals surface area contributed by atoms with E-state index >= 15 is 0 Å². The van der Waals surface area contributed by atoms with Crippen molar-refractivity contribution < 1.29 is 4.79 Å². The Morgan fingerprint density at radius 1 is 1.47 bits per heavy atom. The zero-order valence-corrected chi connectivity index (χ0v) is 11.9. The van der Waals surface area contributed by atoms with Crippen LogP contribution in [0.2, 0.25) is 0 Å². The molecule has 1 aromatic rings. The maximum atomic E-state index is 12.0. The van der Waals surface area contributed by atoms with Gasteiger partial charge in [-0.15, -0.1) is 11.3 Å². The van der Waals surface area contributed by atoms with Crippen LogP contribution in [0.25, 0.3) is 0 Å². The topological polar surface area (TPSA) is 46.3 Å². The lowest BCUT2D eigenvalue weighted by molar-refractivity contribution is 0.0944. The zero-order valence-electron chi connectivity index (χ0n) is 11.1. The third-order valence-electron chi connectivity index (χ3n) is 2.68. The predicted molar refractivity (Wildman–Crippen MR) is 76.1 cm³/mol. The number of Topliss-reactive ketones (excluding diaryl/α,β-unsaturated/α-hetero) is 1. The lowest BCUT2D eigenvalue weighted by Gasteiger charge is -2.19. The molecule has 96 valence electrons. The Balaban J connectivity index is 2.98. The first-order valence-electron chi connectivity index (χ1n) is 6.19. The van der Waals surface area contributed by atoms with E-state index in [1.54, 1.807) is 0 Å². The molecule has 0 aliphatic rings. The molecule has 3 nitrogen and oxygen atoms in total. The summed E-state index contributed by atoms with van der Waals surface area (Å²) in [6.45, 7) is 10.0. The van der Waals surface area contributed by atoms with Crippen LogP contribution in [0.1, 0.15) is 43.8 Å². The van der Waals surface area contributed by atoms with E-state index in [1.807, 2.05) is 19.9 Å². The van der Waals surface area contributed by atoms with Crippen molar-refractivity contribution in [2.75, 3.05) is 23.7 Å². The summed E-state index contributed by atoms with van der Waals surface area (Å²) in [5.41, 5.74) is 6.56. The van der Waals surface area contributed by atoms with Gasteiger partial charge < -0.3 is 10.6 Å². The van der Waals surface area contributed by atoms with Crippen LogP contribution in [-0.2, 0) is 0 Å². The summed E-state index contributed by atoms with van der Waals surface area (Å²) in [6.07, 6.45) is 1.10. The van der Waals surface area contributed by atoms with Crippen LogP contribution >= 0.6 is 11.3 Å². The normalized spacial score (nSPS) is 10.9. The Hall–Kier alpha value is -1.03. The molecule has 0 spiro atoms. The van der Waals surface area contributed by atoms with Crippen molar-refractivity contribution in [1.29, 1.82) is 0 Å². The monoisotopic (exact) mass is 254 g/mol. The highest BCUT2D eigenvalue weighted by molar-refractivity contribution is 7.18. The van der Waals surface area contributed by atoms with Crippen molar-refractivity contribution in [3.8, 4) is 0 Å². The fourth-order valence-corrected chi connectivity index (χ4v) is 2.95. The summed E-state index contributed by atoms with van der Waals surface area (Å²) in [7, 11) is 0. The molecule has 4 heteroatoms. The van der Waals surface area contributed by atoms with Crippen LogP contribution in [0, 0.1) is 5.92 Å². The van der Waals surface area contributed by atoms with E-state index in [2.05, 4.69) is 18.7 Å². The molecule has 0 fully saturated rings. The molecule has 1 rings (SSSR count). The van der Waals surface area contributed by atoms with Crippen LogP contribution in [0.3, 0.4) is 0 Å². The van der Waals surface area contributed by atoms with Crippen LogP contribution in [0.4, 0.5) is 10.7 Å². The Morgan fingerprint density at radius 2 is 2.12 bits per heavy atom. The minimum Gasteiger partial charge on any atom is -0.397 e. The second-order valence-corrected chi connectivity index (χ2v) is 5.50. The number of ketones is 1. The minimum atomic E-state index is 0.00468. The zero-order chi connectivity index (χ0) is 13.0. The van der Waals surface area contributed by atoms with E-state index in [0.717, 1.165) is 24.5 Å². The first kappa shape index (κ1) is 14.0. The maximum Gasteiger partial charge on any atom is 0.177 e. The smallest absolute Gasteiger partial charge is 0.177 e. The molecule has 17 heavy (non-hydrogen) atoms. The molecule has 0 aliphatic heterocycles. The van der Waals surface area contributed by atoms with Gasteiger partial charge in [0.15, 0.2) is 5.78 Å². The summed E-state index contributed by atoms with van der Waals surface area (Å²) >= 11 is 1.52. The number of carbonyl (C=O) groups excluding carboxylic acids is 1. The molecule has 0 amide bonds. The SMILES string of the molecule is CCCN(CC)c1cc(N)c(C(=O)C(C)C)s1. The second kappa shape index (κ2) is 6.05. The Morgan fingerprint density at radius 3 is 2.59 bits per heavy atom. The molecule has 0 atom stereocenters. The van der Waals surface area contributed by atoms with E-state index < -0.39 is 0 Å². The molecule has 0 bridgehead atoms. The molecule has 0 radical (unpaired) electrons. The molecule has 1 heterocycles. The predicted octanol–water partition coefficient (Wildman–Crippen LogP) is 3.41. The molecule has 0 saturated heterocycles. The van der Waals surface area contributed by atoms with Gasteiger partial charge in [0.25, 0.3) is 0 Å². The molecular formula is C13H22N2OS. The average Bonchev–Trinajstić information content (AvgIpc) is 2.66. The molecule has 0 saturated carbocycles. The van der Waals surface area contributed by atoms with E-state index in [4.69, 9.17) is 5.73 Å². The summed E-state index contributed by atoms with van der Waals surface area (Å²) in [6, 6.07) is 1.93. The number of anilines is 2. The van der Waals surface area contributed by atoms with Gasteiger partial charge in [0.1, 0.15) is 0 Å². The van der Waals surface area contributed by atoms with Crippen molar-refractivity contribution in [2.24, 2.45) is 5.92 Å². The number of rotatable bonds is 6. The first-order chi connectivity index (χ1) is 8.01. The number of thiophene rings is 1. The molecular weight excluding hydrogens is 232 g/mol. The second-order valence-electron chi connectivity index (χ2n) is 4.47. The third kappa shape index (κ3) is 3.22. The highest BCUT2D eigenvalue weighted by atomic mass is 32.1. The third-order valence-corrected chi connectivity index (χ3v) is 3.91. The summed E-state index contributed by atoms with van der Waals surface area (Å²) in [5, 5.41) is 1.11. The van der Waals surface area contributed by atoms with Crippen molar-refractivity contribution in [3.05, 3.63) is 10.9 Å². The van der Waals surface area contributed by atoms with Gasteiger partial charge in [-0.2, -0.15) is 0 Å². The van der Waals surface area contributed by atoms with Gasteiger partial charge in [0, 0.05) is 19.0 Å². The number of nitrogens with zero attached hydrogens (tertiary/aromatic N) is 1. The quantitative estimate of drug-likeness (QED) is 0.791. The van der Waals surface area contributed by atoms with Gasteiger partial charge in [-0.1, -0.05) is 20.8 Å². The Kier molecular flexibility index (Phi) is 5.00. The van der Waals surface area contributed by atoms with E-state index in [-0.39, 0.29) is 11.7 Å². The largest absolute Gasteiger partial charge is 0.397 e. The van der Waals surface area contributed by atoms with Crippen LogP contribution in [-0.4, -0.2) is 18.9 Å². The van der Waals surface area contributed by atoms with Gasteiger partial charge in [-0.3, -0.25) is 4.79 Å². The number of nitrogens with two attached hydrogens (primary N) is 1. The van der Waals surface area contributed by atoms with Crippen LogP contribution in [0.5, 0.6) is 0 Å². The average molecular weight is 254 g/mol. The van der Waals surface area contributed by atoms with Gasteiger partial charge >= 0.3 is 0 Å². The number of hydrogen-bond donors (Lipinski definition) is 1. The molecule has 1 aromatic heterocycles. The number of carbonyl (C=O) groups is 1. The van der Waals surface area contributed by atoms with E-state index in [9.17, 15) is 4.79 Å². The van der Waals surface area contributed by atoms with Gasteiger partial charge in [-0.05, 0) is 19.4 Å². The van der Waals surface area contributed by atoms with Gasteiger partial charge in [0.05, 0.1) is 15.6 Å². The molecule has 2 N–H and O–H groups in total. The highest BCUT2D eigenvalue weighted by Gasteiger charge is 2.19. The van der Waals surface area contributed by atoms with Gasteiger partial charge in [-0.25, -0.2) is 0 Å². The van der Waals surface area contributed by atoms with Crippen molar-refractivity contribution in [3.63, 3.8) is 0 Å². The van der Waals surface area contributed by atoms with Crippen molar-refractivity contribution >= 4 is 27.8 Å². The summed E-state index contributed by atoms with van der Waals surface area (Å²) in [5.74, 6) is 0.149. The van der Waals surface area contributed by atoms with Crippen LogP contribution < -0.4 is 10.6 Å². The molecule has 0 unspecified atom stereocenters. The number of nitrogen functional groups attached to an aromatic ring is 1. The minimum absolute atomic E-state index is 0.00468. The maximum absolute atomic E-state index is 12.0. The fourth-order valence-electron chi connectivity index (χ4n) is 1.70. The van der Waals surface area contributed by atoms with E-state index in [0.29, 0.717) is 10.6 Å². The number of hydrogen-bond acceptors (Lipinski definition) is 4. The molecule has 0 aliphatic carbocycles.